The average Bonchev–Trinajstić information content (AvgIpc) is 2.64. The number of hydrogen-bond acceptors (Lipinski definition) is 4. The van der Waals surface area contributed by atoms with E-state index < -0.39 is 0 Å². The Kier molecular flexibility index (Phi) is 6.17. The van der Waals surface area contributed by atoms with E-state index in [9.17, 15) is 0 Å². The number of methoxy groups -OCH3 is 1. The minimum atomic E-state index is 0.203. The van der Waals surface area contributed by atoms with Crippen molar-refractivity contribution < 1.29 is 9.47 Å². The molecule has 0 spiro atoms. The number of nitrogens with one attached hydrogen (secondary N) is 1. The first-order valence-corrected chi connectivity index (χ1v) is 9.37. The summed E-state index contributed by atoms with van der Waals surface area (Å²) in [6.07, 6.45) is 2.00. The monoisotopic (exact) mass is 354 g/mol. The van der Waals surface area contributed by atoms with Crippen LogP contribution in [0.2, 0.25) is 0 Å². The lowest BCUT2D eigenvalue weighted by Crippen LogP contribution is -2.30. The standard InChI is InChI=1S/C22H30N2O2/c1-16-6-8-17(9-7-16)22-19-15-21(26-13-5-12-24(2)3)20(25-4)14-18(19)10-11-23-22/h6-9,14-15,22-23H,5,10-13H2,1-4H3. The Hall–Kier alpha value is -2.04. The van der Waals surface area contributed by atoms with Crippen LogP contribution in [0.15, 0.2) is 36.4 Å². The highest BCUT2D eigenvalue weighted by Gasteiger charge is 2.24. The lowest BCUT2D eigenvalue weighted by atomic mass is 9.89. The molecule has 1 atom stereocenters. The first-order valence-electron chi connectivity index (χ1n) is 9.37. The van der Waals surface area contributed by atoms with E-state index in [-0.39, 0.29) is 6.04 Å². The van der Waals surface area contributed by atoms with Crippen LogP contribution < -0.4 is 14.8 Å². The fourth-order valence-electron chi connectivity index (χ4n) is 3.46. The van der Waals surface area contributed by atoms with E-state index in [0.717, 1.165) is 37.4 Å². The maximum atomic E-state index is 6.07. The van der Waals surface area contributed by atoms with Crippen molar-refractivity contribution in [1.29, 1.82) is 0 Å². The van der Waals surface area contributed by atoms with Crippen molar-refractivity contribution >= 4 is 0 Å². The first kappa shape index (κ1) is 18.7. The number of nitrogens with zero attached hydrogens (tertiary/aromatic N) is 1. The van der Waals surface area contributed by atoms with Crippen molar-refractivity contribution in [3.8, 4) is 11.5 Å². The van der Waals surface area contributed by atoms with E-state index in [1.165, 1.54) is 22.3 Å². The second kappa shape index (κ2) is 8.56. The summed E-state index contributed by atoms with van der Waals surface area (Å²) in [6.45, 7) is 4.80. The smallest absolute Gasteiger partial charge is 0.161 e. The average molecular weight is 354 g/mol. The summed E-state index contributed by atoms with van der Waals surface area (Å²) in [7, 11) is 5.88. The molecule has 4 nitrogen and oxygen atoms in total. The largest absolute Gasteiger partial charge is 0.493 e. The van der Waals surface area contributed by atoms with Crippen LogP contribution in [0.25, 0.3) is 0 Å². The molecule has 0 bridgehead atoms. The van der Waals surface area contributed by atoms with E-state index in [1.807, 2.05) is 0 Å². The molecule has 1 aliphatic rings. The van der Waals surface area contributed by atoms with Gasteiger partial charge in [-0.15, -0.1) is 0 Å². The third-order valence-corrected chi connectivity index (χ3v) is 4.90. The Morgan fingerprint density at radius 3 is 2.58 bits per heavy atom. The first-order chi connectivity index (χ1) is 12.6. The summed E-state index contributed by atoms with van der Waals surface area (Å²) in [6, 6.07) is 13.3. The fraction of sp³-hybridized carbons (Fsp3) is 0.455. The van der Waals surface area contributed by atoms with Crippen LogP contribution in [0.5, 0.6) is 11.5 Å². The molecule has 140 valence electrons. The van der Waals surface area contributed by atoms with Gasteiger partial charge in [-0.05, 0) is 62.7 Å². The van der Waals surface area contributed by atoms with Crippen molar-refractivity contribution in [1.82, 2.24) is 10.2 Å². The van der Waals surface area contributed by atoms with Crippen LogP contribution in [0.4, 0.5) is 0 Å². The number of hydrogen-bond donors (Lipinski definition) is 1. The van der Waals surface area contributed by atoms with Gasteiger partial charge in [-0.3, -0.25) is 0 Å². The van der Waals surface area contributed by atoms with Crippen LogP contribution >= 0.6 is 0 Å². The molecule has 0 aromatic heterocycles. The second-order valence-electron chi connectivity index (χ2n) is 7.25. The number of aryl methyl sites for hydroxylation is 1. The molecule has 1 unspecified atom stereocenters. The maximum Gasteiger partial charge on any atom is 0.161 e. The molecule has 1 heterocycles. The normalized spacial score (nSPS) is 16.4. The van der Waals surface area contributed by atoms with Gasteiger partial charge >= 0.3 is 0 Å². The topological polar surface area (TPSA) is 33.7 Å². The zero-order chi connectivity index (χ0) is 18.5. The number of ether oxygens (including phenoxy) is 2. The van der Waals surface area contributed by atoms with Gasteiger partial charge in [0, 0.05) is 13.1 Å². The predicted molar refractivity (Wildman–Crippen MR) is 106 cm³/mol. The van der Waals surface area contributed by atoms with Gasteiger partial charge in [-0.2, -0.15) is 0 Å². The van der Waals surface area contributed by atoms with E-state index in [1.54, 1.807) is 7.11 Å². The van der Waals surface area contributed by atoms with Gasteiger partial charge in [-0.1, -0.05) is 29.8 Å². The molecule has 2 aromatic rings. The minimum Gasteiger partial charge on any atom is -0.493 e. The van der Waals surface area contributed by atoms with Crippen molar-refractivity contribution in [3.63, 3.8) is 0 Å². The van der Waals surface area contributed by atoms with E-state index in [2.05, 4.69) is 67.6 Å². The van der Waals surface area contributed by atoms with Gasteiger partial charge in [0.05, 0.1) is 19.8 Å². The molecule has 0 aliphatic carbocycles. The molecule has 0 fully saturated rings. The van der Waals surface area contributed by atoms with Gasteiger partial charge in [-0.25, -0.2) is 0 Å². The summed E-state index contributed by atoms with van der Waals surface area (Å²) < 4.78 is 11.7. The van der Waals surface area contributed by atoms with E-state index in [0.29, 0.717) is 6.61 Å². The zero-order valence-electron chi connectivity index (χ0n) is 16.3. The predicted octanol–water partition coefficient (Wildman–Crippen LogP) is 3.57. The molecule has 0 saturated carbocycles. The molecule has 3 rings (SSSR count). The highest BCUT2D eigenvalue weighted by molar-refractivity contribution is 5.51. The molecule has 0 amide bonds. The lowest BCUT2D eigenvalue weighted by Gasteiger charge is -2.29. The van der Waals surface area contributed by atoms with Crippen LogP contribution in [0, 0.1) is 6.92 Å². The van der Waals surface area contributed by atoms with Gasteiger partial charge < -0.3 is 19.7 Å². The minimum absolute atomic E-state index is 0.203. The van der Waals surface area contributed by atoms with Crippen molar-refractivity contribution in [2.45, 2.75) is 25.8 Å². The van der Waals surface area contributed by atoms with Crippen molar-refractivity contribution in [2.24, 2.45) is 0 Å². The summed E-state index contributed by atoms with van der Waals surface area (Å²) in [5.41, 5.74) is 5.21. The SMILES string of the molecule is COc1cc2c(cc1OCCCN(C)C)C(c1ccc(C)cc1)NCC2. The Morgan fingerprint density at radius 2 is 1.88 bits per heavy atom. The lowest BCUT2D eigenvalue weighted by molar-refractivity contribution is 0.267. The van der Waals surface area contributed by atoms with Gasteiger partial charge in [0.1, 0.15) is 0 Å². The summed E-state index contributed by atoms with van der Waals surface area (Å²) in [5.74, 6) is 1.67. The Bertz CT molecular complexity index is 726. The number of fused-ring (bicyclic) bond motifs is 1. The van der Waals surface area contributed by atoms with E-state index in [4.69, 9.17) is 9.47 Å². The summed E-state index contributed by atoms with van der Waals surface area (Å²) in [5, 5.41) is 3.65. The molecule has 4 heteroatoms. The van der Waals surface area contributed by atoms with Gasteiger partial charge in [0.15, 0.2) is 11.5 Å². The molecule has 1 aliphatic heterocycles. The summed E-state index contributed by atoms with van der Waals surface area (Å²) >= 11 is 0. The molecule has 1 N–H and O–H groups in total. The molecular formula is C22H30N2O2. The van der Waals surface area contributed by atoms with Crippen LogP contribution in [-0.2, 0) is 6.42 Å². The quantitative estimate of drug-likeness (QED) is 0.771. The fourth-order valence-corrected chi connectivity index (χ4v) is 3.46. The third kappa shape index (κ3) is 4.37. The number of rotatable bonds is 7. The van der Waals surface area contributed by atoms with E-state index >= 15 is 0 Å². The summed E-state index contributed by atoms with van der Waals surface area (Å²) in [4.78, 5) is 2.17. The molecule has 0 saturated heterocycles. The molecule has 0 radical (unpaired) electrons. The Labute approximate surface area is 157 Å². The van der Waals surface area contributed by atoms with Crippen LogP contribution in [0.1, 0.15) is 34.7 Å². The number of benzene rings is 2. The second-order valence-corrected chi connectivity index (χ2v) is 7.25. The molecular weight excluding hydrogens is 324 g/mol. The van der Waals surface area contributed by atoms with Gasteiger partial charge in [0.2, 0.25) is 0 Å². The maximum absolute atomic E-state index is 6.07. The molecule has 2 aromatic carbocycles. The highest BCUT2D eigenvalue weighted by Crippen LogP contribution is 2.37. The van der Waals surface area contributed by atoms with Gasteiger partial charge in [0.25, 0.3) is 0 Å². The van der Waals surface area contributed by atoms with Crippen LogP contribution in [0.3, 0.4) is 0 Å². The zero-order valence-corrected chi connectivity index (χ0v) is 16.3. The Morgan fingerprint density at radius 1 is 1.12 bits per heavy atom. The molecule has 26 heavy (non-hydrogen) atoms. The van der Waals surface area contributed by atoms with Crippen molar-refractivity contribution in [2.75, 3.05) is 40.9 Å². The third-order valence-electron chi connectivity index (χ3n) is 4.90. The Balaban J connectivity index is 1.85. The van der Waals surface area contributed by atoms with Crippen molar-refractivity contribution in [3.05, 3.63) is 58.7 Å². The highest BCUT2D eigenvalue weighted by atomic mass is 16.5. The van der Waals surface area contributed by atoms with Crippen LogP contribution in [-0.4, -0.2) is 45.8 Å².